The Morgan fingerprint density at radius 1 is 1.10 bits per heavy atom. The normalized spacial score (nSPS) is 10.6. The topological polar surface area (TPSA) is 17.1 Å². The van der Waals surface area contributed by atoms with Crippen LogP contribution in [0.3, 0.4) is 0 Å². The molecule has 2 rings (SSSR count). The summed E-state index contributed by atoms with van der Waals surface area (Å²) >= 11 is 1.38. The molecule has 0 saturated heterocycles. The number of benzene rings is 2. The molecule has 0 aliphatic carbocycles. The molecule has 0 atom stereocenters. The van der Waals surface area contributed by atoms with E-state index in [2.05, 4.69) is 6.07 Å². The average Bonchev–Trinajstić information content (AvgIpc) is 2.35. The van der Waals surface area contributed by atoms with E-state index in [9.17, 15) is 9.18 Å². The summed E-state index contributed by atoms with van der Waals surface area (Å²) in [4.78, 5) is 12.8. The lowest BCUT2D eigenvalue weighted by molar-refractivity contribution is -0.116. The third-order valence-electron chi connectivity index (χ3n) is 2.88. The van der Waals surface area contributed by atoms with Crippen LogP contribution in [0.15, 0.2) is 47.4 Å². The number of ketones is 1. The average molecular weight is 288 g/mol. The molecule has 0 N–H and O–H groups in total. The van der Waals surface area contributed by atoms with Crippen molar-refractivity contribution in [2.24, 2.45) is 0 Å². The monoisotopic (exact) mass is 288 g/mol. The van der Waals surface area contributed by atoms with Gasteiger partial charge in [-0.15, -0.1) is 11.8 Å². The van der Waals surface area contributed by atoms with Gasteiger partial charge in [0.25, 0.3) is 0 Å². The number of carbonyl (C=O) groups excluding carboxylic acids is 1. The minimum absolute atomic E-state index is 0.157. The molecule has 0 fully saturated rings. The first-order valence-electron chi connectivity index (χ1n) is 6.50. The minimum atomic E-state index is -0.267. The minimum Gasteiger partial charge on any atom is -0.298 e. The SMILES string of the molecule is Cc1cc(C)cc(CC(=O)CSc2cccc(F)c2)c1. The van der Waals surface area contributed by atoms with Crippen molar-refractivity contribution in [2.75, 3.05) is 5.75 Å². The lowest BCUT2D eigenvalue weighted by Gasteiger charge is -2.05. The Morgan fingerprint density at radius 2 is 1.80 bits per heavy atom. The first-order chi connectivity index (χ1) is 9.52. The Balaban J connectivity index is 1.92. The second kappa shape index (κ2) is 6.71. The van der Waals surface area contributed by atoms with E-state index in [1.807, 2.05) is 32.0 Å². The summed E-state index contributed by atoms with van der Waals surface area (Å²) in [5, 5.41) is 0. The van der Waals surface area contributed by atoms with Gasteiger partial charge in [-0.3, -0.25) is 4.79 Å². The first-order valence-corrected chi connectivity index (χ1v) is 7.49. The molecule has 0 aromatic heterocycles. The Hall–Kier alpha value is -1.61. The van der Waals surface area contributed by atoms with Gasteiger partial charge in [0.2, 0.25) is 0 Å². The molecule has 3 heteroatoms. The molecule has 0 spiro atoms. The maximum absolute atomic E-state index is 13.0. The van der Waals surface area contributed by atoms with E-state index >= 15 is 0 Å². The number of rotatable bonds is 5. The van der Waals surface area contributed by atoms with Gasteiger partial charge in [-0.1, -0.05) is 35.4 Å². The molecule has 0 aliphatic heterocycles. The number of carbonyl (C=O) groups is 1. The predicted octanol–water partition coefficient (Wildman–Crippen LogP) is 4.35. The van der Waals surface area contributed by atoms with Crippen LogP contribution in [0, 0.1) is 19.7 Å². The summed E-state index contributed by atoms with van der Waals surface area (Å²) in [5.74, 6) is 0.261. The quantitative estimate of drug-likeness (QED) is 0.761. The summed E-state index contributed by atoms with van der Waals surface area (Å²) in [6, 6.07) is 12.5. The molecule has 0 radical (unpaired) electrons. The maximum atomic E-state index is 13.0. The van der Waals surface area contributed by atoms with Crippen LogP contribution in [0.4, 0.5) is 4.39 Å². The summed E-state index contributed by atoms with van der Waals surface area (Å²) in [6.45, 7) is 4.06. The molecule has 104 valence electrons. The lowest BCUT2D eigenvalue weighted by Crippen LogP contribution is -2.06. The Morgan fingerprint density at radius 3 is 2.45 bits per heavy atom. The number of halogens is 1. The number of aryl methyl sites for hydroxylation is 2. The highest BCUT2D eigenvalue weighted by Gasteiger charge is 2.06. The van der Waals surface area contributed by atoms with E-state index in [4.69, 9.17) is 0 Å². The molecule has 0 amide bonds. The Labute approximate surface area is 123 Å². The molecule has 2 aromatic rings. The fourth-order valence-corrected chi connectivity index (χ4v) is 2.97. The maximum Gasteiger partial charge on any atom is 0.147 e. The molecule has 0 aliphatic rings. The van der Waals surface area contributed by atoms with Crippen molar-refractivity contribution in [2.45, 2.75) is 25.2 Å². The van der Waals surface area contributed by atoms with Crippen molar-refractivity contribution in [1.29, 1.82) is 0 Å². The van der Waals surface area contributed by atoms with Crippen molar-refractivity contribution in [3.05, 3.63) is 65.0 Å². The van der Waals surface area contributed by atoms with Crippen molar-refractivity contribution in [3.8, 4) is 0 Å². The largest absolute Gasteiger partial charge is 0.298 e. The second-order valence-corrected chi connectivity index (χ2v) is 6.01. The number of Topliss-reactive ketones (excluding diaryl/α,β-unsaturated/α-hetero) is 1. The summed E-state index contributed by atoms with van der Waals surface area (Å²) < 4.78 is 13.0. The zero-order valence-corrected chi connectivity index (χ0v) is 12.5. The Bertz CT molecular complexity index is 602. The van der Waals surface area contributed by atoms with Crippen molar-refractivity contribution >= 4 is 17.5 Å². The van der Waals surface area contributed by atoms with Crippen LogP contribution < -0.4 is 0 Å². The first kappa shape index (κ1) is 14.8. The van der Waals surface area contributed by atoms with Crippen molar-refractivity contribution in [1.82, 2.24) is 0 Å². The lowest BCUT2D eigenvalue weighted by atomic mass is 10.0. The number of hydrogen-bond donors (Lipinski definition) is 0. The van der Waals surface area contributed by atoms with Crippen molar-refractivity contribution in [3.63, 3.8) is 0 Å². The zero-order valence-electron chi connectivity index (χ0n) is 11.7. The van der Waals surface area contributed by atoms with Gasteiger partial charge in [-0.2, -0.15) is 0 Å². The molecule has 0 saturated carbocycles. The fraction of sp³-hybridized carbons (Fsp3) is 0.235. The van der Waals surface area contributed by atoms with Crippen LogP contribution in [0.25, 0.3) is 0 Å². The van der Waals surface area contributed by atoms with Crippen LogP contribution in [-0.2, 0) is 11.2 Å². The van der Waals surface area contributed by atoms with E-state index in [0.717, 1.165) is 10.5 Å². The Kier molecular flexibility index (Phi) is 4.96. The van der Waals surface area contributed by atoms with Gasteiger partial charge in [-0.05, 0) is 37.6 Å². The molecule has 1 nitrogen and oxygen atoms in total. The van der Waals surface area contributed by atoms with E-state index in [1.165, 1.54) is 35.0 Å². The van der Waals surface area contributed by atoms with E-state index in [0.29, 0.717) is 12.2 Å². The van der Waals surface area contributed by atoms with Gasteiger partial charge in [-0.25, -0.2) is 4.39 Å². The van der Waals surface area contributed by atoms with Crippen LogP contribution in [0.5, 0.6) is 0 Å². The molecular weight excluding hydrogens is 271 g/mol. The summed E-state index contributed by atoms with van der Waals surface area (Å²) in [6.07, 6.45) is 0.435. The molecule has 0 unspecified atom stereocenters. The standard InChI is InChI=1S/C17H17FOS/c1-12-6-13(2)8-14(7-12)9-16(19)11-20-17-5-3-4-15(18)10-17/h3-8,10H,9,11H2,1-2H3. The smallest absolute Gasteiger partial charge is 0.147 e. The van der Waals surface area contributed by atoms with E-state index in [-0.39, 0.29) is 11.6 Å². The van der Waals surface area contributed by atoms with E-state index in [1.54, 1.807) is 6.07 Å². The van der Waals surface area contributed by atoms with Gasteiger partial charge in [0.1, 0.15) is 11.6 Å². The zero-order chi connectivity index (χ0) is 14.5. The molecule has 20 heavy (non-hydrogen) atoms. The third kappa shape index (κ3) is 4.49. The molecule has 0 heterocycles. The van der Waals surface area contributed by atoms with Crippen molar-refractivity contribution < 1.29 is 9.18 Å². The van der Waals surface area contributed by atoms with Gasteiger partial charge in [0.05, 0.1) is 5.75 Å². The highest BCUT2D eigenvalue weighted by molar-refractivity contribution is 8.00. The van der Waals surface area contributed by atoms with Crippen LogP contribution in [0.2, 0.25) is 0 Å². The van der Waals surface area contributed by atoms with Crippen LogP contribution in [0.1, 0.15) is 16.7 Å². The molecule has 0 bridgehead atoms. The highest BCUT2D eigenvalue weighted by atomic mass is 32.2. The molecular formula is C17H17FOS. The highest BCUT2D eigenvalue weighted by Crippen LogP contribution is 2.19. The van der Waals surface area contributed by atoms with Crippen LogP contribution in [-0.4, -0.2) is 11.5 Å². The summed E-state index contributed by atoms with van der Waals surface area (Å²) in [7, 11) is 0. The number of thioether (sulfide) groups is 1. The third-order valence-corrected chi connectivity index (χ3v) is 3.93. The number of hydrogen-bond acceptors (Lipinski definition) is 2. The van der Waals surface area contributed by atoms with Gasteiger partial charge in [0, 0.05) is 11.3 Å². The summed E-state index contributed by atoms with van der Waals surface area (Å²) in [5.41, 5.74) is 3.39. The van der Waals surface area contributed by atoms with Gasteiger partial charge < -0.3 is 0 Å². The van der Waals surface area contributed by atoms with Crippen LogP contribution >= 0.6 is 11.8 Å². The van der Waals surface area contributed by atoms with Gasteiger partial charge >= 0.3 is 0 Å². The molecule has 2 aromatic carbocycles. The van der Waals surface area contributed by atoms with Gasteiger partial charge in [0.15, 0.2) is 0 Å². The van der Waals surface area contributed by atoms with E-state index < -0.39 is 0 Å². The fourth-order valence-electron chi connectivity index (χ4n) is 2.17. The second-order valence-electron chi connectivity index (χ2n) is 4.96. The predicted molar refractivity (Wildman–Crippen MR) is 81.8 cm³/mol.